The second kappa shape index (κ2) is 8.38. The number of carboxylic acids is 1. The summed E-state index contributed by atoms with van der Waals surface area (Å²) < 4.78 is 43.0. The maximum absolute atomic E-state index is 12.8. The number of nitrogens with zero attached hydrogens (tertiary/aromatic N) is 1. The zero-order chi connectivity index (χ0) is 20.2. The van der Waals surface area contributed by atoms with Crippen molar-refractivity contribution < 1.29 is 37.4 Å². The first kappa shape index (κ1) is 20.7. The molecule has 1 aliphatic rings. The van der Waals surface area contributed by atoms with E-state index in [1.165, 1.54) is 24.1 Å². The van der Waals surface area contributed by atoms with Crippen LogP contribution in [0.3, 0.4) is 0 Å². The molecule has 2 unspecified atom stereocenters. The molecule has 1 fully saturated rings. The Hall–Kier alpha value is -2.62. The third-order valence-electron chi connectivity index (χ3n) is 4.23. The summed E-state index contributed by atoms with van der Waals surface area (Å²) in [5.74, 6) is -2.78. The highest BCUT2D eigenvalue weighted by Crippen LogP contribution is 2.30. The molecule has 0 spiro atoms. The Labute approximate surface area is 153 Å². The molecule has 2 rings (SSSR count). The Balaban J connectivity index is 1.95. The number of carbonyl (C=O) groups is 3. The molecule has 2 atom stereocenters. The van der Waals surface area contributed by atoms with E-state index in [0.29, 0.717) is 5.56 Å². The molecule has 2 amide bonds. The van der Waals surface area contributed by atoms with E-state index in [9.17, 15) is 27.6 Å². The van der Waals surface area contributed by atoms with Crippen molar-refractivity contribution in [2.24, 2.45) is 5.92 Å². The predicted molar refractivity (Wildman–Crippen MR) is 86.4 cm³/mol. The van der Waals surface area contributed by atoms with Gasteiger partial charge in [0.1, 0.15) is 0 Å². The molecule has 27 heavy (non-hydrogen) atoms. The second-order valence-electron chi connectivity index (χ2n) is 6.18. The number of amides is 2. The lowest BCUT2D eigenvalue weighted by Gasteiger charge is -2.18. The SMILES string of the molecule is COC(CNC(=O)C1CC(=O)N(Cc2cccc(C(F)(F)F)c2)C1)C(=O)O. The number of carbonyl (C=O) groups excluding carboxylic acids is 2. The normalized spacial score (nSPS) is 18.4. The van der Waals surface area contributed by atoms with Crippen molar-refractivity contribution in [1.29, 1.82) is 0 Å². The van der Waals surface area contributed by atoms with Crippen molar-refractivity contribution in [1.82, 2.24) is 10.2 Å². The summed E-state index contributed by atoms with van der Waals surface area (Å²) in [5.41, 5.74) is -0.496. The maximum Gasteiger partial charge on any atom is 0.416 e. The minimum absolute atomic E-state index is 0.0393. The van der Waals surface area contributed by atoms with Crippen LogP contribution in [0.15, 0.2) is 24.3 Å². The number of halogens is 3. The Kier molecular flexibility index (Phi) is 6.42. The summed E-state index contributed by atoms with van der Waals surface area (Å²) in [7, 11) is 1.20. The molecule has 148 valence electrons. The van der Waals surface area contributed by atoms with Gasteiger partial charge in [-0.05, 0) is 17.7 Å². The standard InChI is InChI=1S/C17H19F3N2O5/c1-27-13(16(25)26)7-21-15(24)11-6-14(23)22(9-11)8-10-3-2-4-12(5-10)17(18,19)20/h2-5,11,13H,6-9H2,1H3,(H,21,24)(H,25,26). The number of methoxy groups -OCH3 is 1. The van der Waals surface area contributed by atoms with Gasteiger partial charge in [-0.15, -0.1) is 0 Å². The molecule has 1 saturated heterocycles. The Morgan fingerprint density at radius 2 is 2.11 bits per heavy atom. The monoisotopic (exact) mass is 388 g/mol. The summed E-state index contributed by atoms with van der Waals surface area (Å²) in [4.78, 5) is 36.4. The van der Waals surface area contributed by atoms with E-state index in [-0.39, 0.29) is 32.0 Å². The van der Waals surface area contributed by atoms with Gasteiger partial charge in [-0.1, -0.05) is 12.1 Å². The van der Waals surface area contributed by atoms with Crippen LogP contribution in [0.25, 0.3) is 0 Å². The van der Waals surface area contributed by atoms with Crippen LogP contribution in [0.2, 0.25) is 0 Å². The fourth-order valence-corrected chi connectivity index (χ4v) is 2.78. The van der Waals surface area contributed by atoms with E-state index in [0.717, 1.165) is 12.1 Å². The highest BCUT2D eigenvalue weighted by molar-refractivity contribution is 5.89. The highest BCUT2D eigenvalue weighted by Gasteiger charge is 2.35. The molecule has 1 heterocycles. The van der Waals surface area contributed by atoms with Crippen molar-refractivity contribution in [2.75, 3.05) is 20.2 Å². The van der Waals surface area contributed by atoms with Crippen LogP contribution in [-0.2, 0) is 31.8 Å². The number of rotatable bonds is 7. The number of carboxylic acid groups (broad SMARTS) is 1. The van der Waals surface area contributed by atoms with E-state index in [1.54, 1.807) is 0 Å². The second-order valence-corrected chi connectivity index (χ2v) is 6.18. The van der Waals surface area contributed by atoms with Gasteiger partial charge in [0.05, 0.1) is 18.0 Å². The fraction of sp³-hybridized carbons (Fsp3) is 0.471. The van der Waals surface area contributed by atoms with Crippen LogP contribution in [-0.4, -0.2) is 54.1 Å². The predicted octanol–water partition coefficient (Wildman–Crippen LogP) is 1.27. The fourth-order valence-electron chi connectivity index (χ4n) is 2.78. The summed E-state index contributed by atoms with van der Waals surface area (Å²) in [6.45, 7) is -0.239. The lowest BCUT2D eigenvalue weighted by atomic mass is 10.1. The largest absolute Gasteiger partial charge is 0.479 e. The van der Waals surface area contributed by atoms with E-state index in [2.05, 4.69) is 5.32 Å². The number of hydrogen-bond acceptors (Lipinski definition) is 4. The van der Waals surface area contributed by atoms with Crippen LogP contribution in [0.4, 0.5) is 13.2 Å². The van der Waals surface area contributed by atoms with Gasteiger partial charge in [-0.3, -0.25) is 9.59 Å². The van der Waals surface area contributed by atoms with Gasteiger partial charge >= 0.3 is 12.1 Å². The number of ether oxygens (including phenoxy) is 1. The topological polar surface area (TPSA) is 95.9 Å². The van der Waals surface area contributed by atoms with E-state index < -0.39 is 35.6 Å². The van der Waals surface area contributed by atoms with Crippen molar-refractivity contribution >= 4 is 17.8 Å². The van der Waals surface area contributed by atoms with Crippen LogP contribution in [0.5, 0.6) is 0 Å². The molecule has 10 heteroatoms. The first-order chi connectivity index (χ1) is 12.6. The average Bonchev–Trinajstić information content (AvgIpc) is 2.95. The first-order valence-electron chi connectivity index (χ1n) is 8.09. The van der Waals surface area contributed by atoms with Crippen molar-refractivity contribution in [2.45, 2.75) is 25.2 Å². The number of aliphatic carboxylic acids is 1. The molecule has 0 bridgehead atoms. The molecule has 1 aromatic rings. The lowest BCUT2D eigenvalue weighted by Crippen LogP contribution is -2.41. The molecule has 0 saturated carbocycles. The van der Waals surface area contributed by atoms with E-state index in [1.807, 2.05) is 0 Å². The van der Waals surface area contributed by atoms with Crippen molar-refractivity contribution in [3.63, 3.8) is 0 Å². The highest BCUT2D eigenvalue weighted by atomic mass is 19.4. The molecule has 1 aromatic carbocycles. The minimum Gasteiger partial charge on any atom is -0.479 e. The molecule has 0 aliphatic carbocycles. The van der Waals surface area contributed by atoms with Crippen molar-refractivity contribution in [3.05, 3.63) is 35.4 Å². The average molecular weight is 388 g/mol. The quantitative estimate of drug-likeness (QED) is 0.734. The van der Waals surface area contributed by atoms with Gasteiger partial charge in [-0.2, -0.15) is 13.2 Å². The third-order valence-corrected chi connectivity index (χ3v) is 4.23. The number of hydrogen-bond donors (Lipinski definition) is 2. The molecule has 0 radical (unpaired) electrons. The van der Waals surface area contributed by atoms with Crippen LogP contribution >= 0.6 is 0 Å². The van der Waals surface area contributed by atoms with Crippen LogP contribution in [0.1, 0.15) is 17.5 Å². The van der Waals surface area contributed by atoms with Crippen molar-refractivity contribution in [3.8, 4) is 0 Å². The number of alkyl halides is 3. The zero-order valence-electron chi connectivity index (χ0n) is 14.5. The van der Waals surface area contributed by atoms with Gasteiger partial charge in [0.2, 0.25) is 11.8 Å². The maximum atomic E-state index is 12.8. The Morgan fingerprint density at radius 1 is 1.41 bits per heavy atom. The molecular weight excluding hydrogens is 369 g/mol. The van der Waals surface area contributed by atoms with Crippen LogP contribution in [0, 0.1) is 5.92 Å². The summed E-state index contributed by atoms with van der Waals surface area (Å²) in [6, 6.07) is 4.66. The molecule has 2 N–H and O–H groups in total. The van der Waals surface area contributed by atoms with Gasteiger partial charge in [-0.25, -0.2) is 4.79 Å². The van der Waals surface area contributed by atoms with Crippen LogP contribution < -0.4 is 5.32 Å². The smallest absolute Gasteiger partial charge is 0.416 e. The van der Waals surface area contributed by atoms with Gasteiger partial charge in [0.25, 0.3) is 0 Å². The number of benzene rings is 1. The first-order valence-corrected chi connectivity index (χ1v) is 8.09. The lowest BCUT2D eigenvalue weighted by molar-refractivity contribution is -0.148. The van der Waals surface area contributed by atoms with Gasteiger partial charge in [0, 0.05) is 26.6 Å². The van der Waals surface area contributed by atoms with Gasteiger partial charge in [0.15, 0.2) is 6.10 Å². The number of nitrogens with one attached hydrogen (secondary N) is 1. The van der Waals surface area contributed by atoms with Gasteiger partial charge < -0.3 is 20.1 Å². The Morgan fingerprint density at radius 3 is 2.70 bits per heavy atom. The zero-order valence-corrected chi connectivity index (χ0v) is 14.5. The number of likely N-dealkylation sites (tertiary alicyclic amines) is 1. The molecule has 1 aliphatic heterocycles. The summed E-state index contributed by atoms with van der Waals surface area (Å²) in [5, 5.41) is 11.3. The third kappa shape index (κ3) is 5.43. The summed E-state index contributed by atoms with van der Waals surface area (Å²) in [6.07, 6.45) is -5.77. The molecular formula is C17H19F3N2O5. The minimum atomic E-state index is -4.48. The molecule has 7 nitrogen and oxygen atoms in total. The molecule has 0 aromatic heterocycles. The van der Waals surface area contributed by atoms with E-state index >= 15 is 0 Å². The van der Waals surface area contributed by atoms with E-state index in [4.69, 9.17) is 9.84 Å². The Bertz CT molecular complexity index is 723. The summed E-state index contributed by atoms with van der Waals surface area (Å²) >= 11 is 0.